The molecule has 0 N–H and O–H groups in total. The molecule has 1 aliphatic heterocycles. The van der Waals surface area contributed by atoms with Crippen LogP contribution in [0.2, 0.25) is 0 Å². The second-order valence-corrected chi connectivity index (χ2v) is 7.08. The van der Waals surface area contributed by atoms with Crippen LogP contribution >= 0.6 is 0 Å². The Bertz CT molecular complexity index is 722. The Hall–Kier alpha value is -2.27. The lowest BCUT2D eigenvalue weighted by Crippen LogP contribution is -2.42. The SMILES string of the molecule is CN(C[C@@H]1CCCN(CCc2ccccc2F)C1)C(=O)c1cccnc1. The van der Waals surface area contributed by atoms with Gasteiger partial charge in [0, 0.05) is 39.1 Å². The van der Waals surface area contributed by atoms with E-state index in [-0.39, 0.29) is 11.7 Å². The molecule has 0 unspecified atom stereocenters. The van der Waals surface area contributed by atoms with Gasteiger partial charge in [-0.1, -0.05) is 18.2 Å². The van der Waals surface area contributed by atoms with Gasteiger partial charge >= 0.3 is 0 Å². The lowest BCUT2D eigenvalue weighted by atomic mass is 9.97. The van der Waals surface area contributed by atoms with Gasteiger partial charge in [-0.05, 0) is 55.5 Å². The fourth-order valence-electron chi connectivity index (χ4n) is 3.66. The number of carbonyl (C=O) groups is 1. The Morgan fingerprint density at radius 1 is 1.31 bits per heavy atom. The molecule has 1 fully saturated rings. The molecule has 26 heavy (non-hydrogen) atoms. The molecule has 0 bridgehead atoms. The number of pyridine rings is 1. The first kappa shape index (κ1) is 18.5. The molecule has 0 spiro atoms. The zero-order valence-corrected chi connectivity index (χ0v) is 15.3. The van der Waals surface area contributed by atoms with Crippen molar-refractivity contribution in [3.63, 3.8) is 0 Å². The van der Waals surface area contributed by atoms with Crippen LogP contribution in [0, 0.1) is 11.7 Å². The molecule has 2 aromatic rings. The van der Waals surface area contributed by atoms with Crippen LogP contribution in [0.3, 0.4) is 0 Å². The van der Waals surface area contributed by atoms with E-state index in [0.29, 0.717) is 11.5 Å². The molecular weight excluding hydrogens is 329 g/mol. The summed E-state index contributed by atoms with van der Waals surface area (Å²) in [6.07, 6.45) is 6.26. The molecule has 1 atom stereocenters. The van der Waals surface area contributed by atoms with Gasteiger partial charge in [0.25, 0.3) is 5.91 Å². The van der Waals surface area contributed by atoms with Crippen LogP contribution in [-0.2, 0) is 6.42 Å². The molecule has 1 saturated heterocycles. The molecule has 1 aromatic heterocycles. The third-order valence-corrected chi connectivity index (χ3v) is 5.05. The van der Waals surface area contributed by atoms with Gasteiger partial charge < -0.3 is 9.80 Å². The molecule has 1 aliphatic rings. The summed E-state index contributed by atoms with van der Waals surface area (Å²) in [5, 5.41) is 0. The number of halogens is 1. The molecular formula is C21H26FN3O. The Labute approximate surface area is 154 Å². The number of amides is 1. The van der Waals surface area contributed by atoms with E-state index in [4.69, 9.17) is 0 Å². The lowest BCUT2D eigenvalue weighted by molar-refractivity contribution is 0.0730. The highest BCUT2D eigenvalue weighted by molar-refractivity contribution is 5.93. The molecule has 0 aliphatic carbocycles. The number of carbonyl (C=O) groups excluding carboxylic acids is 1. The zero-order valence-electron chi connectivity index (χ0n) is 15.3. The summed E-state index contributed by atoms with van der Waals surface area (Å²) in [6, 6.07) is 10.6. The van der Waals surface area contributed by atoms with Gasteiger partial charge in [0.15, 0.2) is 0 Å². The van der Waals surface area contributed by atoms with Crippen molar-refractivity contribution < 1.29 is 9.18 Å². The van der Waals surface area contributed by atoms with Gasteiger partial charge in [0.1, 0.15) is 5.82 Å². The fraction of sp³-hybridized carbons (Fsp3) is 0.429. The maximum absolute atomic E-state index is 13.8. The Morgan fingerprint density at radius 2 is 2.15 bits per heavy atom. The Kier molecular flexibility index (Phi) is 6.34. The molecule has 0 radical (unpaired) electrons. The first-order valence-corrected chi connectivity index (χ1v) is 9.24. The number of hydrogen-bond acceptors (Lipinski definition) is 3. The molecule has 2 heterocycles. The molecule has 1 aromatic carbocycles. The van der Waals surface area contributed by atoms with Gasteiger partial charge in [0.2, 0.25) is 0 Å². The van der Waals surface area contributed by atoms with E-state index in [2.05, 4.69) is 9.88 Å². The number of rotatable bonds is 6. The topological polar surface area (TPSA) is 36.4 Å². The van der Waals surface area contributed by atoms with Crippen LogP contribution in [0.4, 0.5) is 4.39 Å². The second kappa shape index (κ2) is 8.90. The van der Waals surface area contributed by atoms with E-state index < -0.39 is 0 Å². The monoisotopic (exact) mass is 355 g/mol. The number of aromatic nitrogens is 1. The number of benzene rings is 1. The predicted octanol–water partition coefficient (Wildman–Crippen LogP) is 3.25. The maximum atomic E-state index is 13.8. The number of piperidine rings is 1. The summed E-state index contributed by atoms with van der Waals surface area (Å²) < 4.78 is 13.8. The first-order valence-electron chi connectivity index (χ1n) is 9.24. The highest BCUT2D eigenvalue weighted by Crippen LogP contribution is 2.19. The molecule has 5 heteroatoms. The van der Waals surface area contributed by atoms with E-state index in [9.17, 15) is 9.18 Å². The summed E-state index contributed by atoms with van der Waals surface area (Å²) in [5.74, 6) is 0.347. The van der Waals surface area contributed by atoms with Crippen molar-refractivity contribution in [1.29, 1.82) is 0 Å². The summed E-state index contributed by atoms with van der Waals surface area (Å²) in [4.78, 5) is 20.7. The maximum Gasteiger partial charge on any atom is 0.255 e. The smallest absolute Gasteiger partial charge is 0.255 e. The van der Waals surface area contributed by atoms with Crippen LogP contribution in [0.5, 0.6) is 0 Å². The van der Waals surface area contributed by atoms with Crippen molar-refractivity contribution in [3.8, 4) is 0 Å². The summed E-state index contributed by atoms with van der Waals surface area (Å²) in [7, 11) is 1.85. The summed E-state index contributed by atoms with van der Waals surface area (Å²) >= 11 is 0. The average Bonchev–Trinajstić information content (AvgIpc) is 2.68. The van der Waals surface area contributed by atoms with Crippen molar-refractivity contribution in [1.82, 2.24) is 14.8 Å². The minimum atomic E-state index is -0.122. The van der Waals surface area contributed by atoms with Crippen molar-refractivity contribution in [2.24, 2.45) is 5.92 Å². The highest BCUT2D eigenvalue weighted by atomic mass is 19.1. The van der Waals surface area contributed by atoms with E-state index in [1.165, 1.54) is 6.07 Å². The third-order valence-electron chi connectivity index (χ3n) is 5.05. The van der Waals surface area contributed by atoms with Crippen molar-refractivity contribution in [3.05, 3.63) is 65.7 Å². The molecule has 0 saturated carbocycles. The normalized spacial score (nSPS) is 17.8. The number of nitrogens with zero attached hydrogens (tertiary/aromatic N) is 3. The van der Waals surface area contributed by atoms with Gasteiger partial charge in [-0.25, -0.2) is 4.39 Å². The first-order chi connectivity index (χ1) is 12.6. The van der Waals surface area contributed by atoms with E-state index in [0.717, 1.165) is 51.0 Å². The lowest BCUT2D eigenvalue weighted by Gasteiger charge is -2.34. The quantitative estimate of drug-likeness (QED) is 0.798. The molecule has 4 nitrogen and oxygen atoms in total. The largest absolute Gasteiger partial charge is 0.341 e. The minimum absolute atomic E-state index is 0.0154. The molecule has 138 valence electrons. The van der Waals surface area contributed by atoms with Crippen LogP contribution in [-0.4, -0.2) is 53.9 Å². The number of hydrogen-bond donors (Lipinski definition) is 0. The minimum Gasteiger partial charge on any atom is -0.341 e. The Morgan fingerprint density at radius 3 is 2.92 bits per heavy atom. The van der Waals surface area contributed by atoms with Crippen molar-refractivity contribution in [2.45, 2.75) is 19.3 Å². The van der Waals surface area contributed by atoms with Crippen LogP contribution in [0.15, 0.2) is 48.8 Å². The zero-order chi connectivity index (χ0) is 18.4. The second-order valence-electron chi connectivity index (χ2n) is 7.08. The van der Waals surface area contributed by atoms with Crippen LogP contribution in [0.1, 0.15) is 28.8 Å². The highest BCUT2D eigenvalue weighted by Gasteiger charge is 2.23. The van der Waals surface area contributed by atoms with Gasteiger partial charge in [-0.3, -0.25) is 9.78 Å². The van der Waals surface area contributed by atoms with Gasteiger partial charge in [-0.2, -0.15) is 0 Å². The van der Waals surface area contributed by atoms with Crippen molar-refractivity contribution in [2.75, 3.05) is 33.2 Å². The van der Waals surface area contributed by atoms with Gasteiger partial charge in [0.05, 0.1) is 5.56 Å². The molecule has 3 rings (SSSR count). The predicted molar refractivity (Wildman–Crippen MR) is 100 cm³/mol. The summed E-state index contributed by atoms with van der Waals surface area (Å²) in [5.41, 5.74) is 1.40. The van der Waals surface area contributed by atoms with Gasteiger partial charge in [-0.15, -0.1) is 0 Å². The van der Waals surface area contributed by atoms with E-state index in [1.807, 2.05) is 19.2 Å². The molecule has 1 amide bonds. The summed E-state index contributed by atoms with van der Waals surface area (Å²) in [6.45, 7) is 3.60. The number of likely N-dealkylation sites (tertiary alicyclic amines) is 1. The average molecular weight is 355 g/mol. The third kappa shape index (κ3) is 4.88. The van der Waals surface area contributed by atoms with Crippen LogP contribution < -0.4 is 0 Å². The van der Waals surface area contributed by atoms with Crippen LogP contribution in [0.25, 0.3) is 0 Å². The van der Waals surface area contributed by atoms with E-state index >= 15 is 0 Å². The standard InChI is InChI=1S/C21H26FN3O/c1-24(21(26)19-8-4-11-23-14-19)15-17-6-5-12-25(16-17)13-10-18-7-2-3-9-20(18)22/h2-4,7-9,11,14,17H,5-6,10,12-13,15-16H2,1H3/t17-/m0/s1. The van der Waals surface area contributed by atoms with E-state index in [1.54, 1.807) is 35.5 Å². The Balaban J connectivity index is 1.50. The van der Waals surface area contributed by atoms with Crippen molar-refractivity contribution >= 4 is 5.91 Å². The fourth-order valence-corrected chi connectivity index (χ4v) is 3.66.